The Kier molecular flexibility index (Phi) is 5.66. The van der Waals surface area contributed by atoms with Gasteiger partial charge in [-0.15, -0.1) is 0 Å². The third-order valence-corrected chi connectivity index (χ3v) is 6.11. The number of piperazine rings is 1. The monoisotopic (exact) mass is 420 g/mol. The minimum Gasteiger partial charge on any atom is -0.365 e. The minimum absolute atomic E-state index is 0.173. The van der Waals surface area contributed by atoms with Crippen LogP contribution in [0.4, 0.5) is 17.2 Å². The standard InChI is InChI=1S/C17H20N6O5S/c1-19-29(27,28)12-4-5-14(15(11-12)23(25)26)21-7-9-22(10-8-21)17-13(16(18)24)3-2-6-20-17/h2-6,11,19H,7-10H2,1H3,(H2,18,24). The van der Waals surface area contributed by atoms with Crippen molar-refractivity contribution >= 4 is 33.1 Å². The molecular weight excluding hydrogens is 400 g/mol. The number of carbonyl (C=O) groups excluding carboxylic acids is 1. The van der Waals surface area contributed by atoms with Crippen molar-refractivity contribution in [1.29, 1.82) is 0 Å². The zero-order valence-electron chi connectivity index (χ0n) is 15.6. The number of aromatic nitrogens is 1. The first-order valence-electron chi connectivity index (χ1n) is 8.71. The molecule has 1 aliphatic rings. The second kappa shape index (κ2) is 8.01. The molecule has 12 heteroatoms. The molecule has 0 bridgehead atoms. The fraction of sp³-hybridized carbons (Fsp3) is 0.294. The average Bonchev–Trinajstić information content (AvgIpc) is 2.73. The van der Waals surface area contributed by atoms with Crippen LogP contribution in [0.25, 0.3) is 0 Å². The molecule has 0 radical (unpaired) electrons. The van der Waals surface area contributed by atoms with Crippen molar-refractivity contribution in [2.45, 2.75) is 4.90 Å². The molecule has 1 amide bonds. The molecule has 0 saturated carbocycles. The van der Waals surface area contributed by atoms with Gasteiger partial charge >= 0.3 is 0 Å². The fourth-order valence-electron chi connectivity index (χ4n) is 3.20. The van der Waals surface area contributed by atoms with Crippen LogP contribution >= 0.6 is 0 Å². The normalized spacial score (nSPS) is 14.7. The highest BCUT2D eigenvalue weighted by Crippen LogP contribution is 2.32. The Labute approximate surface area is 167 Å². The first-order valence-corrected chi connectivity index (χ1v) is 10.2. The summed E-state index contributed by atoms with van der Waals surface area (Å²) in [6.45, 7) is 1.78. The number of hydrogen-bond acceptors (Lipinski definition) is 8. The van der Waals surface area contributed by atoms with Gasteiger partial charge in [0.1, 0.15) is 11.5 Å². The van der Waals surface area contributed by atoms with Crippen molar-refractivity contribution in [3.63, 3.8) is 0 Å². The molecule has 11 nitrogen and oxygen atoms in total. The Morgan fingerprint density at radius 1 is 1.21 bits per heavy atom. The van der Waals surface area contributed by atoms with Crippen molar-refractivity contribution in [3.8, 4) is 0 Å². The van der Waals surface area contributed by atoms with E-state index in [4.69, 9.17) is 5.73 Å². The molecule has 0 aliphatic carbocycles. The maximum atomic E-state index is 12.0. The number of benzene rings is 1. The number of nitro groups is 1. The number of primary amides is 1. The first kappa shape index (κ1) is 20.5. The fourth-order valence-corrected chi connectivity index (χ4v) is 3.95. The van der Waals surface area contributed by atoms with Crippen molar-refractivity contribution in [1.82, 2.24) is 9.71 Å². The van der Waals surface area contributed by atoms with Gasteiger partial charge in [0.05, 0.1) is 15.4 Å². The number of rotatable bonds is 6. The molecule has 0 unspecified atom stereocenters. The van der Waals surface area contributed by atoms with E-state index in [2.05, 4.69) is 9.71 Å². The summed E-state index contributed by atoms with van der Waals surface area (Å²) in [6, 6.07) is 7.06. The van der Waals surface area contributed by atoms with Crippen LogP contribution in [0, 0.1) is 10.1 Å². The van der Waals surface area contributed by atoms with Gasteiger partial charge in [0.25, 0.3) is 11.6 Å². The molecule has 2 heterocycles. The van der Waals surface area contributed by atoms with Crippen molar-refractivity contribution < 1.29 is 18.1 Å². The third-order valence-electron chi connectivity index (χ3n) is 4.69. The van der Waals surface area contributed by atoms with Gasteiger partial charge < -0.3 is 15.5 Å². The minimum atomic E-state index is -3.79. The average molecular weight is 420 g/mol. The van der Waals surface area contributed by atoms with E-state index in [1.165, 1.54) is 19.2 Å². The van der Waals surface area contributed by atoms with Gasteiger partial charge in [0.2, 0.25) is 10.0 Å². The lowest BCUT2D eigenvalue weighted by atomic mass is 10.2. The Morgan fingerprint density at radius 2 is 1.86 bits per heavy atom. The van der Waals surface area contributed by atoms with E-state index in [0.717, 1.165) is 6.07 Å². The lowest BCUT2D eigenvalue weighted by molar-refractivity contribution is -0.384. The topological polar surface area (TPSA) is 152 Å². The third kappa shape index (κ3) is 4.12. The van der Waals surface area contributed by atoms with E-state index in [1.807, 2.05) is 4.90 Å². The van der Waals surface area contributed by atoms with Crippen LogP contribution in [0.5, 0.6) is 0 Å². The summed E-state index contributed by atoms with van der Waals surface area (Å²) in [6.07, 6.45) is 1.57. The molecule has 0 spiro atoms. The Bertz CT molecular complexity index is 1050. The van der Waals surface area contributed by atoms with Gasteiger partial charge in [0, 0.05) is 38.4 Å². The molecule has 1 aromatic heterocycles. The molecule has 2 aromatic rings. The zero-order chi connectivity index (χ0) is 21.2. The van der Waals surface area contributed by atoms with Gasteiger partial charge in [-0.1, -0.05) is 0 Å². The van der Waals surface area contributed by atoms with Gasteiger partial charge in [0.15, 0.2) is 0 Å². The van der Waals surface area contributed by atoms with E-state index in [0.29, 0.717) is 43.2 Å². The van der Waals surface area contributed by atoms with E-state index in [1.54, 1.807) is 23.2 Å². The molecule has 3 N–H and O–H groups in total. The summed E-state index contributed by atoms with van der Waals surface area (Å²) < 4.78 is 26.0. The summed E-state index contributed by atoms with van der Waals surface area (Å²) in [5, 5.41) is 11.5. The van der Waals surface area contributed by atoms with E-state index >= 15 is 0 Å². The van der Waals surface area contributed by atoms with E-state index in [-0.39, 0.29) is 10.6 Å². The van der Waals surface area contributed by atoms with Gasteiger partial charge in [-0.05, 0) is 31.3 Å². The summed E-state index contributed by atoms with van der Waals surface area (Å²) in [7, 11) is -2.55. The SMILES string of the molecule is CNS(=O)(=O)c1ccc(N2CCN(c3ncccc3C(N)=O)CC2)c([N+](=O)[O-])c1. The number of amides is 1. The maximum absolute atomic E-state index is 12.0. The van der Waals surface area contributed by atoms with Crippen LogP contribution in [0.15, 0.2) is 41.4 Å². The van der Waals surface area contributed by atoms with Crippen LogP contribution in [-0.2, 0) is 10.0 Å². The summed E-state index contributed by atoms with van der Waals surface area (Å²) >= 11 is 0. The highest BCUT2D eigenvalue weighted by molar-refractivity contribution is 7.89. The van der Waals surface area contributed by atoms with E-state index < -0.39 is 20.9 Å². The molecule has 29 heavy (non-hydrogen) atoms. The predicted octanol–water partition coefficient (Wildman–Crippen LogP) is 0.323. The molecule has 1 saturated heterocycles. The highest BCUT2D eigenvalue weighted by Gasteiger charge is 2.27. The molecule has 1 aromatic carbocycles. The first-order chi connectivity index (χ1) is 13.7. The number of sulfonamides is 1. The van der Waals surface area contributed by atoms with Gasteiger partial charge in [-0.2, -0.15) is 0 Å². The zero-order valence-corrected chi connectivity index (χ0v) is 16.4. The summed E-state index contributed by atoms with van der Waals surface area (Å²) in [5.41, 5.74) is 5.77. The number of anilines is 2. The van der Waals surface area contributed by atoms with Crippen molar-refractivity contribution in [3.05, 3.63) is 52.2 Å². The highest BCUT2D eigenvalue weighted by atomic mass is 32.2. The number of carbonyl (C=O) groups is 1. The molecule has 1 fully saturated rings. The second-order valence-electron chi connectivity index (χ2n) is 6.33. The largest absolute Gasteiger partial charge is 0.365 e. The van der Waals surface area contributed by atoms with Crippen molar-refractivity contribution in [2.24, 2.45) is 5.73 Å². The van der Waals surface area contributed by atoms with Crippen LogP contribution in [0.1, 0.15) is 10.4 Å². The predicted molar refractivity (Wildman–Crippen MR) is 107 cm³/mol. The lowest BCUT2D eigenvalue weighted by Crippen LogP contribution is -2.47. The molecule has 3 rings (SSSR count). The van der Waals surface area contributed by atoms with Crippen molar-refractivity contribution in [2.75, 3.05) is 43.0 Å². The number of pyridine rings is 1. The number of nitrogens with zero attached hydrogens (tertiary/aromatic N) is 4. The Balaban J connectivity index is 1.84. The molecule has 1 aliphatic heterocycles. The second-order valence-corrected chi connectivity index (χ2v) is 8.21. The molecule has 0 atom stereocenters. The van der Waals surface area contributed by atoms with Crippen LogP contribution < -0.4 is 20.3 Å². The lowest BCUT2D eigenvalue weighted by Gasteiger charge is -2.36. The quantitative estimate of drug-likeness (QED) is 0.501. The summed E-state index contributed by atoms with van der Waals surface area (Å²) in [4.78, 5) is 30.3. The maximum Gasteiger partial charge on any atom is 0.293 e. The van der Waals surface area contributed by atoms with Gasteiger partial charge in [-0.25, -0.2) is 18.1 Å². The van der Waals surface area contributed by atoms with Crippen LogP contribution in [0.3, 0.4) is 0 Å². The number of nitrogens with one attached hydrogen (secondary N) is 1. The molecular formula is C17H20N6O5S. The smallest absolute Gasteiger partial charge is 0.293 e. The number of hydrogen-bond donors (Lipinski definition) is 2. The van der Waals surface area contributed by atoms with Crippen LogP contribution in [-0.4, -0.2) is 57.5 Å². The Morgan fingerprint density at radius 3 is 2.45 bits per heavy atom. The Hall–Kier alpha value is -3.25. The summed E-state index contributed by atoms with van der Waals surface area (Å²) in [5.74, 6) is -0.0999. The van der Waals surface area contributed by atoms with E-state index in [9.17, 15) is 23.3 Å². The number of nitro benzene ring substituents is 1. The molecule has 154 valence electrons. The van der Waals surface area contributed by atoms with Crippen LogP contribution in [0.2, 0.25) is 0 Å². The van der Waals surface area contributed by atoms with Gasteiger partial charge in [-0.3, -0.25) is 14.9 Å². The number of nitrogens with two attached hydrogens (primary N) is 1.